The molecule has 0 saturated heterocycles. The van der Waals surface area contributed by atoms with Crippen molar-refractivity contribution in [3.8, 4) is 5.75 Å². The zero-order valence-corrected chi connectivity index (χ0v) is 19.8. The number of alkyl halides is 3. The highest BCUT2D eigenvalue weighted by atomic mass is 19.4. The summed E-state index contributed by atoms with van der Waals surface area (Å²) in [5, 5.41) is 10.3. The first-order chi connectivity index (χ1) is 16.7. The quantitative estimate of drug-likeness (QED) is 0.583. The Kier molecular flexibility index (Phi) is 5.30. The highest BCUT2D eigenvalue weighted by Crippen LogP contribution is 2.59. The maximum atomic E-state index is 14.0. The molecule has 4 aliphatic carbocycles. The van der Waals surface area contributed by atoms with Crippen molar-refractivity contribution in [1.29, 1.82) is 0 Å². The van der Waals surface area contributed by atoms with Crippen molar-refractivity contribution < 1.29 is 22.7 Å². The molecule has 5 aliphatic rings. The van der Waals surface area contributed by atoms with Crippen molar-refractivity contribution in [2.45, 2.75) is 63.2 Å². The van der Waals surface area contributed by atoms with Gasteiger partial charge in [0.25, 0.3) is 5.91 Å². The van der Waals surface area contributed by atoms with E-state index in [1.165, 1.54) is 25.3 Å². The lowest BCUT2D eigenvalue weighted by Gasteiger charge is -2.56. The van der Waals surface area contributed by atoms with Crippen molar-refractivity contribution in [2.75, 3.05) is 19.0 Å². The van der Waals surface area contributed by atoms with Crippen LogP contribution in [0.1, 0.15) is 73.1 Å². The number of carbonyl (C=O) groups is 1. The first kappa shape index (κ1) is 22.7. The van der Waals surface area contributed by atoms with Crippen LogP contribution in [0, 0.1) is 23.2 Å². The summed E-state index contributed by atoms with van der Waals surface area (Å²) in [4.78, 5) is 13.0. The molecular weight excluding hydrogens is 457 g/mol. The molecule has 1 aromatic carbocycles. The molecule has 188 valence electrons. The largest absolute Gasteiger partial charge is 0.497 e. The lowest BCUT2D eigenvalue weighted by Crippen LogP contribution is -2.51. The van der Waals surface area contributed by atoms with Gasteiger partial charge in [0.05, 0.1) is 13.2 Å². The molecule has 35 heavy (non-hydrogen) atoms. The number of methoxy groups -OCH3 is 1. The Hall–Kier alpha value is -2.71. The summed E-state index contributed by atoms with van der Waals surface area (Å²) in [5.74, 6) is 2.75. The average molecular weight is 489 g/mol. The number of nitrogens with zero attached hydrogens (tertiary/aromatic N) is 2. The van der Waals surface area contributed by atoms with E-state index in [4.69, 9.17) is 4.74 Å². The summed E-state index contributed by atoms with van der Waals surface area (Å²) in [5.41, 5.74) is 0.901. The number of fused-ring (bicyclic) bond motifs is 1. The average Bonchev–Trinajstić information content (AvgIpc) is 3.25. The molecule has 1 aromatic heterocycles. The SMILES string of the molecule is COc1ccc([C@@H]2C[C@@H](C(F)(F)F)n3nc(C(=O)NCC45CC6CC(CC(C6)C4)C5)cc3N2)cc1. The van der Waals surface area contributed by atoms with Gasteiger partial charge in [-0.25, -0.2) is 4.68 Å². The van der Waals surface area contributed by atoms with Gasteiger partial charge in [0.15, 0.2) is 11.7 Å². The van der Waals surface area contributed by atoms with Crippen molar-refractivity contribution in [1.82, 2.24) is 15.1 Å². The highest BCUT2D eigenvalue weighted by Gasteiger charge is 2.51. The van der Waals surface area contributed by atoms with Gasteiger partial charge in [-0.1, -0.05) is 12.1 Å². The van der Waals surface area contributed by atoms with Crippen LogP contribution in [-0.2, 0) is 0 Å². The van der Waals surface area contributed by atoms with Gasteiger partial charge in [-0.3, -0.25) is 4.79 Å². The number of anilines is 1. The van der Waals surface area contributed by atoms with E-state index in [0.29, 0.717) is 12.3 Å². The van der Waals surface area contributed by atoms with E-state index < -0.39 is 24.2 Å². The molecule has 1 amide bonds. The van der Waals surface area contributed by atoms with E-state index in [9.17, 15) is 18.0 Å². The predicted octanol–water partition coefficient (Wildman–Crippen LogP) is 5.50. The van der Waals surface area contributed by atoms with E-state index in [2.05, 4.69) is 15.7 Å². The summed E-state index contributed by atoms with van der Waals surface area (Å²) in [6.07, 6.45) is 2.72. The predicted molar refractivity (Wildman–Crippen MR) is 124 cm³/mol. The van der Waals surface area contributed by atoms with Gasteiger partial charge < -0.3 is 15.4 Å². The standard InChI is InChI=1S/C26H31F3N4O2/c1-35-19-4-2-18(3-5-19)20-9-22(26(27,28)29)33-23(31-20)10-21(32-33)24(34)30-14-25-11-15-6-16(12-25)8-17(7-15)13-25/h2-5,10,15-17,20,22,31H,6-9,11-14H2,1H3,(H,30,34)/t15?,16?,17?,20-,22-,25?/m0/s1. The van der Waals surface area contributed by atoms with Crippen LogP contribution in [0.2, 0.25) is 0 Å². The van der Waals surface area contributed by atoms with Gasteiger partial charge in [0, 0.05) is 19.0 Å². The minimum atomic E-state index is -4.49. The summed E-state index contributed by atoms with van der Waals surface area (Å²) >= 11 is 0. The number of hydrogen-bond donors (Lipinski definition) is 2. The second kappa shape index (κ2) is 8.17. The number of hydrogen-bond acceptors (Lipinski definition) is 4. The second-order valence-electron chi connectivity index (χ2n) is 11.2. The fraction of sp³-hybridized carbons (Fsp3) is 0.615. The van der Waals surface area contributed by atoms with Gasteiger partial charge in [-0.05, 0) is 79.4 Å². The van der Waals surface area contributed by atoms with E-state index in [1.807, 2.05) is 0 Å². The first-order valence-electron chi connectivity index (χ1n) is 12.6. The monoisotopic (exact) mass is 488 g/mol. The Morgan fingerprint density at radius 1 is 1.11 bits per heavy atom. The van der Waals surface area contributed by atoms with Crippen LogP contribution in [-0.4, -0.2) is 35.5 Å². The van der Waals surface area contributed by atoms with Gasteiger partial charge >= 0.3 is 6.18 Å². The first-order valence-corrected chi connectivity index (χ1v) is 12.6. The van der Waals surface area contributed by atoms with E-state index >= 15 is 0 Å². The third-order valence-electron chi connectivity index (χ3n) is 8.73. The number of ether oxygens (including phenoxy) is 1. The maximum Gasteiger partial charge on any atom is 0.410 e. The minimum Gasteiger partial charge on any atom is -0.497 e. The Morgan fingerprint density at radius 2 is 1.74 bits per heavy atom. The second-order valence-corrected chi connectivity index (χ2v) is 11.2. The molecule has 0 radical (unpaired) electrons. The van der Waals surface area contributed by atoms with Gasteiger partial charge in [0.2, 0.25) is 0 Å². The number of benzene rings is 1. The Bertz CT molecular complexity index is 1080. The third kappa shape index (κ3) is 4.16. The topological polar surface area (TPSA) is 68.2 Å². The molecule has 6 nitrogen and oxygen atoms in total. The summed E-state index contributed by atoms with van der Waals surface area (Å²) in [6.45, 7) is 0.585. The zero-order chi connectivity index (χ0) is 24.4. The molecule has 4 fully saturated rings. The number of rotatable bonds is 5. The molecule has 2 aromatic rings. The van der Waals surface area contributed by atoms with E-state index in [0.717, 1.165) is 47.3 Å². The maximum absolute atomic E-state index is 14.0. The lowest BCUT2D eigenvalue weighted by molar-refractivity contribution is -0.173. The molecule has 7 rings (SSSR count). The summed E-state index contributed by atoms with van der Waals surface area (Å²) < 4.78 is 48.1. The molecule has 0 unspecified atom stereocenters. The molecule has 9 heteroatoms. The normalized spacial score (nSPS) is 33.2. The lowest BCUT2D eigenvalue weighted by atomic mass is 9.49. The van der Waals surface area contributed by atoms with Crippen LogP contribution in [0.15, 0.2) is 30.3 Å². The van der Waals surface area contributed by atoms with Crippen LogP contribution >= 0.6 is 0 Å². The molecule has 2 atom stereocenters. The number of carbonyl (C=O) groups excluding carboxylic acids is 1. The molecule has 4 saturated carbocycles. The van der Waals surface area contributed by atoms with Crippen molar-refractivity contribution >= 4 is 11.7 Å². The van der Waals surface area contributed by atoms with Crippen LogP contribution in [0.3, 0.4) is 0 Å². The molecule has 1 aliphatic heterocycles. The van der Waals surface area contributed by atoms with Gasteiger partial charge in [-0.15, -0.1) is 0 Å². The Balaban J connectivity index is 1.20. The molecule has 0 spiro atoms. The number of aromatic nitrogens is 2. The Morgan fingerprint density at radius 3 is 2.31 bits per heavy atom. The smallest absolute Gasteiger partial charge is 0.410 e. The fourth-order valence-electron chi connectivity index (χ4n) is 7.60. The summed E-state index contributed by atoms with van der Waals surface area (Å²) in [7, 11) is 1.54. The third-order valence-corrected chi connectivity index (χ3v) is 8.73. The van der Waals surface area contributed by atoms with Crippen LogP contribution in [0.25, 0.3) is 0 Å². The van der Waals surface area contributed by atoms with Gasteiger partial charge in [0.1, 0.15) is 11.6 Å². The summed E-state index contributed by atoms with van der Waals surface area (Å²) in [6, 6.07) is 6.06. The molecule has 4 bridgehead atoms. The highest BCUT2D eigenvalue weighted by molar-refractivity contribution is 5.93. The number of halogens is 3. The molecular formula is C26H31F3N4O2. The number of nitrogens with one attached hydrogen (secondary N) is 2. The number of amides is 1. The van der Waals surface area contributed by atoms with Crippen molar-refractivity contribution in [3.63, 3.8) is 0 Å². The van der Waals surface area contributed by atoms with Crippen LogP contribution in [0.4, 0.5) is 19.0 Å². The van der Waals surface area contributed by atoms with E-state index in [-0.39, 0.29) is 23.3 Å². The molecule has 2 N–H and O–H groups in total. The van der Waals surface area contributed by atoms with Crippen LogP contribution in [0.5, 0.6) is 5.75 Å². The zero-order valence-electron chi connectivity index (χ0n) is 19.8. The van der Waals surface area contributed by atoms with Crippen molar-refractivity contribution in [3.05, 3.63) is 41.6 Å². The van der Waals surface area contributed by atoms with E-state index in [1.54, 1.807) is 31.4 Å². The van der Waals surface area contributed by atoms with Gasteiger partial charge in [-0.2, -0.15) is 18.3 Å². The van der Waals surface area contributed by atoms with Crippen LogP contribution < -0.4 is 15.4 Å². The minimum absolute atomic E-state index is 0.0295. The fourth-order valence-corrected chi connectivity index (χ4v) is 7.60. The molecule has 2 heterocycles. The van der Waals surface area contributed by atoms with Crippen molar-refractivity contribution in [2.24, 2.45) is 23.2 Å². The Labute approximate surface area is 202 Å².